The van der Waals surface area contributed by atoms with Gasteiger partial charge in [-0.1, -0.05) is 31.9 Å². The van der Waals surface area contributed by atoms with Gasteiger partial charge in [0.1, 0.15) is 0 Å². The zero-order valence-electron chi connectivity index (χ0n) is 15.5. The Morgan fingerprint density at radius 3 is 2.73 bits per heavy atom. The van der Waals surface area contributed by atoms with Crippen LogP contribution in [0.15, 0.2) is 52.1 Å². The fraction of sp³-hybridized carbons (Fsp3) is 0.400. The van der Waals surface area contributed by atoms with Crippen molar-refractivity contribution in [1.82, 2.24) is 10.6 Å². The lowest BCUT2D eigenvalue weighted by Gasteiger charge is -2.11. The topological polar surface area (TPSA) is 78.7 Å². The molecule has 2 rings (SSSR count). The summed E-state index contributed by atoms with van der Waals surface area (Å²) in [6, 6.07) is 11.0. The van der Waals surface area contributed by atoms with Crippen molar-refractivity contribution < 1.29 is 9.21 Å². The third-order valence-electron chi connectivity index (χ3n) is 3.77. The largest absolute Gasteiger partial charge is 0.459 e. The highest BCUT2D eigenvalue weighted by atomic mass is 16.3. The minimum absolute atomic E-state index is 0.262. The fourth-order valence-corrected chi connectivity index (χ4v) is 2.44. The van der Waals surface area contributed by atoms with E-state index in [2.05, 4.69) is 27.9 Å². The first kappa shape index (κ1) is 19.6. The van der Waals surface area contributed by atoms with Gasteiger partial charge in [-0.15, -0.1) is 0 Å². The molecule has 0 radical (unpaired) electrons. The van der Waals surface area contributed by atoms with Crippen molar-refractivity contribution in [2.24, 2.45) is 4.99 Å². The first-order valence-corrected chi connectivity index (χ1v) is 9.19. The van der Waals surface area contributed by atoms with Gasteiger partial charge in [0.25, 0.3) is 5.91 Å². The number of anilines is 1. The molecule has 0 aliphatic carbocycles. The van der Waals surface area contributed by atoms with E-state index in [1.54, 1.807) is 12.1 Å². The molecule has 0 atom stereocenters. The molecule has 2 aromatic rings. The van der Waals surface area contributed by atoms with E-state index < -0.39 is 0 Å². The van der Waals surface area contributed by atoms with Crippen LogP contribution in [0, 0.1) is 0 Å². The van der Waals surface area contributed by atoms with Gasteiger partial charge in [-0.25, -0.2) is 4.99 Å². The Balaban J connectivity index is 1.93. The maximum atomic E-state index is 12.1. The Hall–Kier alpha value is -2.76. The van der Waals surface area contributed by atoms with Gasteiger partial charge >= 0.3 is 0 Å². The molecule has 0 unspecified atom stereocenters. The van der Waals surface area contributed by atoms with Crippen LogP contribution in [0.4, 0.5) is 5.69 Å². The summed E-state index contributed by atoms with van der Waals surface area (Å²) in [6.07, 6.45) is 5.03. The summed E-state index contributed by atoms with van der Waals surface area (Å²) in [7, 11) is 0. The van der Waals surface area contributed by atoms with Crippen molar-refractivity contribution in [3.8, 4) is 0 Å². The number of guanidine groups is 1. The van der Waals surface area contributed by atoms with E-state index in [0.717, 1.165) is 36.7 Å². The fourth-order valence-electron chi connectivity index (χ4n) is 2.44. The maximum Gasteiger partial charge on any atom is 0.291 e. The number of carbonyl (C=O) groups excluding carboxylic acids is 1. The third-order valence-corrected chi connectivity index (χ3v) is 3.77. The molecule has 6 heteroatoms. The quantitative estimate of drug-likeness (QED) is 0.363. The number of amides is 1. The average molecular weight is 356 g/mol. The van der Waals surface area contributed by atoms with E-state index in [0.29, 0.717) is 12.3 Å². The van der Waals surface area contributed by atoms with Crippen LogP contribution in [-0.4, -0.2) is 25.0 Å². The van der Waals surface area contributed by atoms with Crippen molar-refractivity contribution in [2.75, 3.05) is 18.4 Å². The predicted octanol–water partition coefficient (Wildman–Crippen LogP) is 3.78. The molecule has 1 aromatic carbocycles. The SMILES string of the molecule is CCCCCNC(=NCc1cccc(NC(=O)c2ccco2)c1)NCC. The van der Waals surface area contributed by atoms with E-state index in [1.165, 1.54) is 19.1 Å². The van der Waals surface area contributed by atoms with Crippen LogP contribution in [0.5, 0.6) is 0 Å². The first-order valence-electron chi connectivity index (χ1n) is 9.19. The van der Waals surface area contributed by atoms with Gasteiger partial charge in [-0.3, -0.25) is 4.79 Å². The second-order valence-corrected chi connectivity index (χ2v) is 5.96. The molecular formula is C20H28N4O2. The number of furan rings is 1. The Kier molecular flexibility index (Phi) is 8.26. The van der Waals surface area contributed by atoms with Crippen molar-refractivity contribution in [2.45, 2.75) is 39.7 Å². The van der Waals surface area contributed by atoms with Gasteiger partial charge in [0, 0.05) is 18.8 Å². The normalized spacial score (nSPS) is 11.2. The van der Waals surface area contributed by atoms with Crippen LogP contribution in [0.2, 0.25) is 0 Å². The highest BCUT2D eigenvalue weighted by Crippen LogP contribution is 2.13. The molecule has 3 N–H and O–H groups in total. The Morgan fingerprint density at radius 2 is 2.00 bits per heavy atom. The van der Waals surface area contributed by atoms with Crippen molar-refractivity contribution in [1.29, 1.82) is 0 Å². The van der Waals surface area contributed by atoms with Crippen molar-refractivity contribution >= 4 is 17.6 Å². The number of benzene rings is 1. The molecule has 0 aliphatic rings. The number of nitrogens with zero attached hydrogens (tertiary/aromatic N) is 1. The standard InChI is InChI=1S/C20H28N4O2/c1-3-5-6-12-22-20(21-4-2)23-15-16-9-7-10-17(14-16)24-19(25)18-11-8-13-26-18/h7-11,13-14H,3-6,12,15H2,1-2H3,(H,24,25)(H2,21,22,23). The average Bonchev–Trinajstić information content (AvgIpc) is 3.18. The molecule has 6 nitrogen and oxygen atoms in total. The maximum absolute atomic E-state index is 12.1. The minimum atomic E-state index is -0.262. The van der Waals surface area contributed by atoms with E-state index in [4.69, 9.17) is 4.42 Å². The molecule has 0 spiro atoms. The number of carbonyl (C=O) groups is 1. The summed E-state index contributed by atoms with van der Waals surface area (Å²) in [5, 5.41) is 9.43. The monoisotopic (exact) mass is 356 g/mol. The smallest absolute Gasteiger partial charge is 0.291 e. The molecule has 1 aromatic heterocycles. The van der Waals surface area contributed by atoms with E-state index >= 15 is 0 Å². The second kappa shape index (κ2) is 11.0. The number of aliphatic imine (C=N–C) groups is 1. The van der Waals surface area contributed by atoms with Crippen LogP contribution in [0.25, 0.3) is 0 Å². The molecule has 0 bridgehead atoms. The lowest BCUT2D eigenvalue weighted by Crippen LogP contribution is -2.37. The van der Waals surface area contributed by atoms with Crippen LogP contribution in [0.1, 0.15) is 49.2 Å². The zero-order chi connectivity index (χ0) is 18.6. The number of hydrogen-bond donors (Lipinski definition) is 3. The third kappa shape index (κ3) is 6.63. The number of nitrogens with one attached hydrogen (secondary N) is 3. The van der Waals surface area contributed by atoms with Crippen LogP contribution < -0.4 is 16.0 Å². The van der Waals surface area contributed by atoms with Gasteiger partial charge in [0.05, 0.1) is 12.8 Å². The van der Waals surface area contributed by atoms with Crippen molar-refractivity contribution in [3.05, 3.63) is 54.0 Å². The Labute approximate surface area is 155 Å². The van der Waals surface area contributed by atoms with Gasteiger partial charge in [0.15, 0.2) is 11.7 Å². The molecule has 1 amide bonds. The van der Waals surface area contributed by atoms with Crippen LogP contribution in [0.3, 0.4) is 0 Å². The highest BCUT2D eigenvalue weighted by Gasteiger charge is 2.08. The molecule has 1 heterocycles. The van der Waals surface area contributed by atoms with E-state index in [1.807, 2.05) is 31.2 Å². The van der Waals surface area contributed by atoms with Gasteiger partial charge in [0.2, 0.25) is 0 Å². The minimum Gasteiger partial charge on any atom is -0.459 e. The van der Waals surface area contributed by atoms with Crippen LogP contribution >= 0.6 is 0 Å². The summed E-state index contributed by atoms with van der Waals surface area (Å²) >= 11 is 0. The van der Waals surface area contributed by atoms with E-state index in [9.17, 15) is 4.79 Å². The lowest BCUT2D eigenvalue weighted by molar-refractivity contribution is 0.0996. The van der Waals surface area contributed by atoms with Gasteiger partial charge in [-0.05, 0) is 43.2 Å². The zero-order valence-corrected chi connectivity index (χ0v) is 15.5. The van der Waals surface area contributed by atoms with Gasteiger partial charge < -0.3 is 20.4 Å². The second-order valence-electron chi connectivity index (χ2n) is 5.96. The molecule has 140 valence electrons. The van der Waals surface area contributed by atoms with Gasteiger partial charge in [-0.2, -0.15) is 0 Å². The predicted molar refractivity (Wildman–Crippen MR) is 105 cm³/mol. The summed E-state index contributed by atoms with van der Waals surface area (Å²) < 4.78 is 5.11. The Bertz CT molecular complexity index is 696. The molecule has 0 fully saturated rings. The first-order chi connectivity index (χ1) is 12.7. The van der Waals surface area contributed by atoms with Crippen LogP contribution in [-0.2, 0) is 6.54 Å². The molecule has 0 saturated heterocycles. The highest BCUT2D eigenvalue weighted by molar-refractivity contribution is 6.02. The molecular weight excluding hydrogens is 328 g/mol. The number of rotatable bonds is 9. The summed E-state index contributed by atoms with van der Waals surface area (Å²) in [4.78, 5) is 16.7. The number of unbranched alkanes of at least 4 members (excludes halogenated alkanes) is 2. The summed E-state index contributed by atoms with van der Waals surface area (Å²) in [5.41, 5.74) is 1.74. The Morgan fingerprint density at radius 1 is 1.12 bits per heavy atom. The summed E-state index contributed by atoms with van der Waals surface area (Å²) in [6.45, 7) is 6.51. The molecule has 26 heavy (non-hydrogen) atoms. The molecule has 0 saturated carbocycles. The van der Waals surface area contributed by atoms with Crippen molar-refractivity contribution in [3.63, 3.8) is 0 Å². The summed E-state index contributed by atoms with van der Waals surface area (Å²) in [5.74, 6) is 0.842. The van der Waals surface area contributed by atoms with E-state index in [-0.39, 0.29) is 5.91 Å². The lowest BCUT2D eigenvalue weighted by atomic mass is 10.2. The molecule has 0 aliphatic heterocycles. The number of hydrogen-bond acceptors (Lipinski definition) is 3.